The molecular formula is C18H18N2O5S. The van der Waals surface area contributed by atoms with Gasteiger partial charge in [0.1, 0.15) is 18.1 Å². The number of hydrogen-bond acceptors (Lipinski definition) is 7. The van der Waals surface area contributed by atoms with Crippen LogP contribution in [-0.4, -0.2) is 29.6 Å². The Morgan fingerprint density at radius 2 is 1.88 bits per heavy atom. The summed E-state index contributed by atoms with van der Waals surface area (Å²) < 4.78 is 17.1. The molecule has 0 atom stereocenters. The molecule has 2 aromatic heterocycles. The number of esters is 1. The Morgan fingerprint density at radius 1 is 1.15 bits per heavy atom. The van der Waals surface area contributed by atoms with E-state index in [0.29, 0.717) is 28.6 Å². The summed E-state index contributed by atoms with van der Waals surface area (Å²) in [6.45, 7) is -0.0239. The lowest BCUT2D eigenvalue weighted by molar-refractivity contribution is -0.145. The standard InChI is InChI=1S/C18H18N2O5S/c1-23-14-7-12(8-15(10-14)24-2)3-4-17(22)25-11-13-9-16(21)20-5-6-26-18(20)19-13/h5-10H,3-4,11H2,1-2H3. The fraction of sp³-hybridized carbons (Fsp3) is 0.278. The summed E-state index contributed by atoms with van der Waals surface area (Å²) in [6, 6.07) is 6.85. The maximum absolute atomic E-state index is 12.0. The van der Waals surface area contributed by atoms with E-state index in [-0.39, 0.29) is 24.6 Å². The first-order valence-electron chi connectivity index (χ1n) is 7.92. The van der Waals surface area contributed by atoms with Gasteiger partial charge in [-0.1, -0.05) is 0 Å². The van der Waals surface area contributed by atoms with Crippen LogP contribution in [-0.2, 0) is 22.6 Å². The van der Waals surface area contributed by atoms with Gasteiger partial charge in [0.2, 0.25) is 0 Å². The first-order valence-corrected chi connectivity index (χ1v) is 8.80. The Morgan fingerprint density at radius 3 is 2.58 bits per heavy atom. The van der Waals surface area contributed by atoms with Gasteiger partial charge in [-0.05, 0) is 24.1 Å². The fourth-order valence-electron chi connectivity index (χ4n) is 2.45. The Hall–Kier alpha value is -2.87. The first kappa shape index (κ1) is 17.9. The summed E-state index contributed by atoms with van der Waals surface area (Å²) >= 11 is 1.35. The van der Waals surface area contributed by atoms with E-state index in [1.54, 1.807) is 31.9 Å². The molecule has 136 valence electrons. The smallest absolute Gasteiger partial charge is 0.306 e. The molecule has 2 heterocycles. The van der Waals surface area contributed by atoms with E-state index in [0.717, 1.165) is 5.56 Å². The van der Waals surface area contributed by atoms with Crippen molar-refractivity contribution in [1.29, 1.82) is 0 Å². The third-order valence-electron chi connectivity index (χ3n) is 3.77. The number of ether oxygens (including phenoxy) is 3. The molecule has 0 aliphatic carbocycles. The molecule has 0 unspecified atom stereocenters. The molecule has 3 aromatic rings. The van der Waals surface area contributed by atoms with Gasteiger partial charge in [-0.25, -0.2) is 4.98 Å². The highest BCUT2D eigenvalue weighted by Crippen LogP contribution is 2.23. The minimum Gasteiger partial charge on any atom is -0.497 e. The second-order valence-electron chi connectivity index (χ2n) is 5.52. The van der Waals surface area contributed by atoms with Gasteiger partial charge in [0, 0.05) is 30.1 Å². The van der Waals surface area contributed by atoms with Crippen LogP contribution in [0.3, 0.4) is 0 Å². The summed E-state index contributed by atoms with van der Waals surface area (Å²) in [4.78, 5) is 28.8. The van der Waals surface area contributed by atoms with E-state index in [9.17, 15) is 9.59 Å². The molecule has 0 N–H and O–H groups in total. The summed E-state index contributed by atoms with van der Waals surface area (Å²) in [7, 11) is 3.15. The molecule has 0 amide bonds. The molecule has 0 radical (unpaired) electrons. The highest BCUT2D eigenvalue weighted by molar-refractivity contribution is 7.15. The van der Waals surface area contributed by atoms with Crippen LogP contribution < -0.4 is 15.0 Å². The number of benzene rings is 1. The zero-order chi connectivity index (χ0) is 18.5. The van der Waals surface area contributed by atoms with Crippen LogP contribution in [0.5, 0.6) is 11.5 Å². The predicted molar refractivity (Wildman–Crippen MR) is 97.0 cm³/mol. The molecule has 3 rings (SSSR count). The van der Waals surface area contributed by atoms with Crippen molar-refractivity contribution in [2.45, 2.75) is 19.4 Å². The number of hydrogen-bond donors (Lipinski definition) is 0. The van der Waals surface area contributed by atoms with Crippen molar-refractivity contribution in [3.8, 4) is 11.5 Å². The summed E-state index contributed by atoms with van der Waals surface area (Å²) in [5, 5.41) is 1.78. The molecule has 0 saturated carbocycles. The number of fused-ring (bicyclic) bond motifs is 1. The number of aromatic nitrogens is 2. The Bertz CT molecular complexity index is 957. The molecule has 7 nitrogen and oxygen atoms in total. The van der Waals surface area contributed by atoms with E-state index >= 15 is 0 Å². The quantitative estimate of drug-likeness (QED) is 0.591. The average Bonchev–Trinajstić information content (AvgIpc) is 3.13. The van der Waals surface area contributed by atoms with Crippen molar-refractivity contribution in [3.63, 3.8) is 0 Å². The molecule has 1 aromatic carbocycles. The van der Waals surface area contributed by atoms with Gasteiger partial charge in [-0.3, -0.25) is 14.0 Å². The van der Waals surface area contributed by atoms with Crippen LogP contribution in [0.15, 0.2) is 40.6 Å². The molecule has 0 saturated heterocycles. The number of rotatable bonds is 7. The Labute approximate surface area is 153 Å². The number of methoxy groups -OCH3 is 2. The van der Waals surface area contributed by atoms with Gasteiger partial charge >= 0.3 is 5.97 Å². The van der Waals surface area contributed by atoms with Crippen LogP contribution in [0.2, 0.25) is 0 Å². The van der Waals surface area contributed by atoms with Gasteiger partial charge in [0.15, 0.2) is 4.96 Å². The van der Waals surface area contributed by atoms with Gasteiger partial charge in [-0.15, -0.1) is 11.3 Å². The van der Waals surface area contributed by atoms with Gasteiger partial charge in [-0.2, -0.15) is 0 Å². The summed E-state index contributed by atoms with van der Waals surface area (Å²) in [5.41, 5.74) is 1.16. The minimum absolute atomic E-state index is 0.0239. The van der Waals surface area contributed by atoms with Crippen LogP contribution in [0.4, 0.5) is 0 Å². The highest BCUT2D eigenvalue weighted by atomic mass is 32.1. The predicted octanol–water partition coefficient (Wildman–Crippen LogP) is 2.45. The SMILES string of the molecule is COc1cc(CCC(=O)OCc2cc(=O)n3ccsc3n2)cc(OC)c1. The third kappa shape index (κ3) is 4.20. The van der Waals surface area contributed by atoms with Gasteiger partial charge in [0.05, 0.1) is 19.9 Å². The van der Waals surface area contributed by atoms with Gasteiger partial charge < -0.3 is 14.2 Å². The van der Waals surface area contributed by atoms with Crippen LogP contribution in [0.1, 0.15) is 17.7 Å². The lowest BCUT2D eigenvalue weighted by atomic mass is 10.1. The first-order chi connectivity index (χ1) is 12.6. The zero-order valence-electron chi connectivity index (χ0n) is 14.4. The van der Waals surface area contributed by atoms with E-state index in [1.807, 2.05) is 12.1 Å². The molecule has 0 spiro atoms. The van der Waals surface area contributed by atoms with Crippen molar-refractivity contribution in [2.24, 2.45) is 0 Å². The van der Waals surface area contributed by atoms with E-state index in [4.69, 9.17) is 14.2 Å². The number of carbonyl (C=O) groups excluding carboxylic acids is 1. The maximum atomic E-state index is 12.0. The number of carbonyl (C=O) groups is 1. The molecule has 0 bridgehead atoms. The molecular weight excluding hydrogens is 356 g/mol. The molecule has 8 heteroatoms. The van der Waals surface area contributed by atoms with E-state index < -0.39 is 0 Å². The van der Waals surface area contributed by atoms with Crippen molar-refractivity contribution in [2.75, 3.05) is 14.2 Å². The topological polar surface area (TPSA) is 79.1 Å². The Kier molecular flexibility index (Phi) is 5.52. The van der Waals surface area contributed by atoms with E-state index in [2.05, 4.69) is 4.98 Å². The molecule has 0 aliphatic heterocycles. The highest BCUT2D eigenvalue weighted by Gasteiger charge is 2.09. The van der Waals surface area contributed by atoms with Crippen molar-refractivity contribution >= 4 is 22.3 Å². The average molecular weight is 374 g/mol. The largest absolute Gasteiger partial charge is 0.497 e. The molecule has 26 heavy (non-hydrogen) atoms. The molecule has 0 fully saturated rings. The van der Waals surface area contributed by atoms with Crippen molar-refractivity contribution in [1.82, 2.24) is 9.38 Å². The van der Waals surface area contributed by atoms with Gasteiger partial charge in [0.25, 0.3) is 5.56 Å². The fourth-order valence-corrected chi connectivity index (χ4v) is 3.18. The second kappa shape index (κ2) is 8.01. The van der Waals surface area contributed by atoms with Crippen molar-refractivity contribution in [3.05, 3.63) is 57.5 Å². The lowest BCUT2D eigenvalue weighted by Crippen LogP contribution is -2.14. The van der Waals surface area contributed by atoms with Crippen LogP contribution in [0, 0.1) is 0 Å². The summed E-state index contributed by atoms with van der Waals surface area (Å²) in [6.07, 6.45) is 2.36. The minimum atomic E-state index is -0.361. The van der Waals surface area contributed by atoms with Crippen LogP contribution >= 0.6 is 11.3 Å². The summed E-state index contributed by atoms with van der Waals surface area (Å²) in [5.74, 6) is 0.975. The monoisotopic (exact) mass is 374 g/mol. The van der Waals surface area contributed by atoms with Crippen molar-refractivity contribution < 1.29 is 19.0 Å². The molecule has 0 aliphatic rings. The second-order valence-corrected chi connectivity index (χ2v) is 6.40. The van der Waals surface area contributed by atoms with Crippen LogP contribution in [0.25, 0.3) is 4.96 Å². The number of thiazole rings is 1. The maximum Gasteiger partial charge on any atom is 0.306 e. The third-order valence-corrected chi connectivity index (χ3v) is 4.52. The number of nitrogens with zero attached hydrogens (tertiary/aromatic N) is 2. The zero-order valence-corrected chi connectivity index (χ0v) is 15.2. The van der Waals surface area contributed by atoms with E-state index in [1.165, 1.54) is 21.8 Å². The lowest BCUT2D eigenvalue weighted by Gasteiger charge is -2.08. The Balaban J connectivity index is 1.58. The number of aryl methyl sites for hydroxylation is 1. The normalized spacial score (nSPS) is 10.7.